The lowest BCUT2D eigenvalue weighted by molar-refractivity contribution is -0.136. The first-order chi connectivity index (χ1) is 11.2. The number of aromatic nitrogens is 2. The minimum atomic E-state index is -0.624. The van der Waals surface area contributed by atoms with Crippen molar-refractivity contribution in [2.75, 3.05) is 11.9 Å². The molecule has 3 rings (SSSR count). The first-order valence-electron chi connectivity index (χ1n) is 7.83. The molecule has 0 aliphatic carbocycles. The van der Waals surface area contributed by atoms with Crippen LogP contribution in [-0.4, -0.2) is 32.8 Å². The van der Waals surface area contributed by atoms with Gasteiger partial charge in [0.05, 0.1) is 0 Å². The molecule has 23 heavy (non-hydrogen) atoms. The zero-order valence-corrected chi connectivity index (χ0v) is 13.1. The SMILES string of the molecule is CCn1ccnc1NC(=O)C1CCN(Cc2ccccc2)C1=O. The molecule has 1 aromatic heterocycles. The second kappa shape index (κ2) is 6.64. The van der Waals surface area contributed by atoms with Crippen molar-refractivity contribution in [2.24, 2.45) is 5.92 Å². The van der Waals surface area contributed by atoms with Gasteiger partial charge in [0.15, 0.2) is 0 Å². The number of nitrogens with zero attached hydrogens (tertiary/aromatic N) is 3. The quantitative estimate of drug-likeness (QED) is 0.857. The van der Waals surface area contributed by atoms with Crippen molar-refractivity contribution < 1.29 is 9.59 Å². The van der Waals surface area contributed by atoms with Crippen molar-refractivity contribution in [1.29, 1.82) is 0 Å². The zero-order chi connectivity index (χ0) is 16.2. The molecule has 6 nitrogen and oxygen atoms in total. The molecule has 1 aliphatic rings. The van der Waals surface area contributed by atoms with Crippen molar-refractivity contribution in [2.45, 2.75) is 26.4 Å². The molecule has 1 atom stereocenters. The van der Waals surface area contributed by atoms with Gasteiger partial charge in [-0.25, -0.2) is 4.98 Å². The number of carbonyl (C=O) groups is 2. The number of imidazole rings is 1. The van der Waals surface area contributed by atoms with Gasteiger partial charge < -0.3 is 9.47 Å². The summed E-state index contributed by atoms with van der Waals surface area (Å²) in [6.07, 6.45) is 3.98. The Hall–Kier alpha value is -2.63. The largest absolute Gasteiger partial charge is 0.338 e. The van der Waals surface area contributed by atoms with Gasteiger partial charge in [-0.15, -0.1) is 0 Å². The lowest BCUT2D eigenvalue weighted by atomic mass is 10.1. The Balaban J connectivity index is 1.63. The van der Waals surface area contributed by atoms with E-state index in [2.05, 4.69) is 10.3 Å². The number of hydrogen-bond acceptors (Lipinski definition) is 3. The van der Waals surface area contributed by atoms with E-state index < -0.39 is 5.92 Å². The molecule has 2 heterocycles. The molecule has 1 aliphatic heterocycles. The van der Waals surface area contributed by atoms with Gasteiger partial charge in [-0.05, 0) is 18.9 Å². The molecule has 1 saturated heterocycles. The first-order valence-corrected chi connectivity index (χ1v) is 7.83. The van der Waals surface area contributed by atoms with Crippen molar-refractivity contribution in [1.82, 2.24) is 14.5 Å². The number of anilines is 1. The van der Waals surface area contributed by atoms with Gasteiger partial charge in [0.25, 0.3) is 0 Å². The Bertz CT molecular complexity index is 696. The summed E-state index contributed by atoms with van der Waals surface area (Å²) in [7, 11) is 0. The highest BCUT2D eigenvalue weighted by molar-refractivity contribution is 6.06. The number of nitrogens with one attached hydrogen (secondary N) is 1. The van der Waals surface area contributed by atoms with Crippen LogP contribution in [0.3, 0.4) is 0 Å². The van der Waals surface area contributed by atoms with Crippen LogP contribution >= 0.6 is 0 Å². The third-order valence-corrected chi connectivity index (χ3v) is 4.12. The number of benzene rings is 1. The number of likely N-dealkylation sites (tertiary alicyclic amines) is 1. The summed E-state index contributed by atoms with van der Waals surface area (Å²) in [4.78, 5) is 30.7. The van der Waals surface area contributed by atoms with Crippen molar-refractivity contribution in [3.05, 3.63) is 48.3 Å². The minimum absolute atomic E-state index is 0.110. The van der Waals surface area contributed by atoms with Crippen LogP contribution in [0.4, 0.5) is 5.95 Å². The van der Waals surface area contributed by atoms with Crippen LogP contribution in [0.15, 0.2) is 42.7 Å². The fourth-order valence-corrected chi connectivity index (χ4v) is 2.83. The highest BCUT2D eigenvalue weighted by Gasteiger charge is 2.37. The van der Waals surface area contributed by atoms with Crippen LogP contribution in [0.25, 0.3) is 0 Å². The number of carbonyl (C=O) groups excluding carboxylic acids is 2. The van der Waals surface area contributed by atoms with Crippen LogP contribution in [-0.2, 0) is 22.7 Å². The Morgan fingerprint density at radius 1 is 1.35 bits per heavy atom. The Labute approximate surface area is 135 Å². The maximum absolute atomic E-state index is 12.5. The van der Waals surface area contributed by atoms with E-state index in [1.54, 1.807) is 17.3 Å². The van der Waals surface area contributed by atoms with Gasteiger partial charge in [0.2, 0.25) is 17.8 Å². The normalized spacial score (nSPS) is 17.5. The fourth-order valence-electron chi connectivity index (χ4n) is 2.83. The van der Waals surface area contributed by atoms with Crippen LogP contribution in [0.2, 0.25) is 0 Å². The third kappa shape index (κ3) is 3.26. The van der Waals surface area contributed by atoms with Crippen LogP contribution < -0.4 is 5.32 Å². The Morgan fingerprint density at radius 3 is 2.87 bits per heavy atom. The van der Waals surface area contributed by atoms with Crippen LogP contribution in [0.5, 0.6) is 0 Å². The molecule has 120 valence electrons. The van der Waals surface area contributed by atoms with Gasteiger partial charge in [0.1, 0.15) is 5.92 Å². The van der Waals surface area contributed by atoms with Crippen LogP contribution in [0, 0.1) is 5.92 Å². The van der Waals surface area contributed by atoms with E-state index in [-0.39, 0.29) is 11.8 Å². The van der Waals surface area contributed by atoms with Crippen molar-refractivity contribution in [3.63, 3.8) is 0 Å². The standard InChI is InChI=1S/C17H20N4O2/c1-2-20-11-9-18-17(20)19-15(22)14-8-10-21(16(14)23)12-13-6-4-3-5-7-13/h3-7,9,11,14H,2,8,10,12H2,1H3,(H,18,19,22). The number of amides is 2. The minimum Gasteiger partial charge on any atom is -0.338 e. The zero-order valence-electron chi connectivity index (χ0n) is 13.1. The molecule has 2 amide bonds. The maximum atomic E-state index is 12.5. The average Bonchev–Trinajstić information content (AvgIpc) is 3.15. The van der Waals surface area contributed by atoms with Gasteiger partial charge in [-0.2, -0.15) is 0 Å². The lowest BCUT2D eigenvalue weighted by Gasteiger charge is -2.16. The topological polar surface area (TPSA) is 67.2 Å². The van der Waals surface area contributed by atoms with E-state index in [1.807, 2.05) is 41.8 Å². The maximum Gasteiger partial charge on any atom is 0.239 e. The molecule has 0 bridgehead atoms. The molecule has 0 radical (unpaired) electrons. The molecular formula is C17H20N4O2. The molecule has 1 N–H and O–H groups in total. The summed E-state index contributed by atoms with van der Waals surface area (Å²) in [5.74, 6) is -0.514. The van der Waals surface area contributed by atoms with Crippen LogP contribution in [0.1, 0.15) is 18.9 Å². The molecule has 2 aromatic rings. The van der Waals surface area contributed by atoms with E-state index >= 15 is 0 Å². The molecule has 0 saturated carbocycles. The summed E-state index contributed by atoms with van der Waals surface area (Å²) >= 11 is 0. The van der Waals surface area contributed by atoms with E-state index in [1.165, 1.54) is 0 Å². The smallest absolute Gasteiger partial charge is 0.239 e. The average molecular weight is 312 g/mol. The predicted molar refractivity (Wildman–Crippen MR) is 86.5 cm³/mol. The highest BCUT2D eigenvalue weighted by atomic mass is 16.2. The van der Waals surface area contributed by atoms with Gasteiger partial charge in [-0.3, -0.25) is 14.9 Å². The van der Waals surface area contributed by atoms with Gasteiger partial charge in [-0.1, -0.05) is 30.3 Å². The Morgan fingerprint density at radius 2 is 2.13 bits per heavy atom. The molecule has 6 heteroatoms. The van der Waals surface area contributed by atoms with E-state index in [4.69, 9.17) is 0 Å². The van der Waals surface area contributed by atoms with Gasteiger partial charge in [0, 0.05) is 32.0 Å². The van der Waals surface area contributed by atoms with E-state index in [9.17, 15) is 9.59 Å². The second-order valence-electron chi connectivity index (χ2n) is 5.61. The molecule has 1 fully saturated rings. The Kier molecular flexibility index (Phi) is 4.41. The second-order valence-corrected chi connectivity index (χ2v) is 5.61. The third-order valence-electron chi connectivity index (χ3n) is 4.12. The predicted octanol–water partition coefficient (Wildman–Crippen LogP) is 1.89. The molecular weight excluding hydrogens is 292 g/mol. The molecule has 0 spiro atoms. The number of aryl methyl sites for hydroxylation is 1. The van der Waals surface area contributed by atoms with Crippen molar-refractivity contribution in [3.8, 4) is 0 Å². The van der Waals surface area contributed by atoms with Crippen molar-refractivity contribution >= 4 is 17.8 Å². The van der Waals surface area contributed by atoms with E-state index in [0.717, 1.165) is 5.56 Å². The summed E-state index contributed by atoms with van der Waals surface area (Å²) in [6.45, 7) is 3.84. The summed E-state index contributed by atoms with van der Waals surface area (Å²) in [5.41, 5.74) is 1.07. The first kappa shape index (κ1) is 15.3. The number of rotatable bonds is 5. The summed E-state index contributed by atoms with van der Waals surface area (Å²) in [5, 5.41) is 2.76. The number of hydrogen-bond donors (Lipinski definition) is 1. The molecule has 1 unspecified atom stereocenters. The van der Waals surface area contributed by atoms with E-state index in [0.29, 0.717) is 32.0 Å². The summed E-state index contributed by atoms with van der Waals surface area (Å²) < 4.78 is 1.83. The monoisotopic (exact) mass is 312 g/mol. The highest BCUT2D eigenvalue weighted by Crippen LogP contribution is 2.22. The lowest BCUT2D eigenvalue weighted by Crippen LogP contribution is -2.33. The molecule has 1 aromatic carbocycles. The van der Waals surface area contributed by atoms with Gasteiger partial charge >= 0.3 is 0 Å². The fraction of sp³-hybridized carbons (Fsp3) is 0.353. The summed E-state index contributed by atoms with van der Waals surface area (Å²) in [6, 6.07) is 9.81.